The lowest BCUT2D eigenvalue weighted by molar-refractivity contribution is -0.0436. The zero-order chi connectivity index (χ0) is 22.9. The number of sulfone groups is 1. The lowest BCUT2D eigenvalue weighted by Crippen LogP contribution is -2.25. The summed E-state index contributed by atoms with van der Waals surface area (Å²) in [4.78, 5) is 3.59. The minimum Gasteiger partial charge on any atom is -0.457 e. The van der Waals surface area contributed by atoms with E-state index in [-0.39, 0.29) is 5.56 Å². The van der Waals surface area contributed by atoms with E-state index in [0.717, 1.165) is 17.0 Å². The van der Waals surface area contributed by atoms with Gasteiger partial charge in [0.25, 0.3) is 9.84 Å². The fourth-order valence-electron chi connectivity index (χ4n) is 3.68. The molecule has 0 amide bonds. The molecule has 0 saturated carbocycles. The Bertz CT molecular complexity index is 1280. The van der Waals surface area contributed by atoms with Crippen LogP contribution in [0.2, 0.25) is 0 Å². The number of aromatic nitrogens is 2. The van der Waals surface area contributed by atoms with Gasteiger partial charge in [-0.1, -0.05) is 0 Å². The third-order valence-electron chi connectivity index (χ3n) is 5.18. The number of alkyl halides is 3. The van der Waals surface area contributed by atoms with Crippen molar-refractivity contribution in [2.45, 2.75) is 29.7 Å². The van der Waals surface area contributed by atoms with Crippen molar-refractivity contribution in [1.29, 1.82) is 0 Å². The van der Waals surface area contributed by atoms with Crippen LogP contribution in [0.1, 0.15) is 24.0 Å². The summed E-state index contributed by atoms with van der Waals surface area (Å²) in [6.45, 7) is 0.757. The first-order chi connectivity index (χ1) is 15.2. The fourth-order valence-corrected chi connectivity index (χ4v) is 4.68. The minimum absolute atomic E-state index is 0.0124. The van der Waals surface area contributed by atoms with Gasteiger partial charge in [0.15, 0.2) is 0 Å². The monoisotopic (exact) mass is 467 g/mol. The Morgan fingerprint density at radius 1 is 1.19 bits per heavy atom. The molecule has 3 aromatic rings. The Balaban J connectivity index is 1.78. The van der Waals surface area contributed by atoms with Gasteiger partial charge in [0.1, 0.15) is 11.5 Å². The quantitative estimate of drug-likeness (QED) is 0.519. The molecule has 0 bridgehead atoms. The third kappa shape index (κ3) is 4.09. The molecule has 1 aliphatic rings. The largest absolute Gasteiger partial charge is 0.501 e. The van der Waals surface area contributed by atoms with Gasteiger partial charge in [-0.2, -0.15) is 18.3 Å². The molecule has 11 heteroatoms. The highest BCUT2D eigenvalue weighted by Crippen LogP contribution is 2.41. The Morgan fingerprint density at radius 3 is 2.75 bits per heavy atom. The van der Waals surface area contributed by atoms with Gasteiger partial charge in [0.2, 0.25) is 0 Å². The molecule has 1 heterocycles. The normalized spacial score (nSPS) is 15.4. The second kappa shape index (κ2) is 8.55. The van der Waals surface area contributed by atoms with E-state index in [4.69, 9.17) is 9.47 Å². The molecule has 0 spiro atoms. The predicted molar refractivity (Wildman–Crippen MR) is 112 cm³/mol. The Kier molecular flexibility index (Phi) is 5.95. The number of methoxy groups -OCH3 is 1. The van der Waals surface area contributed by atoms with Gasteiger partial charge < -0.3 is 9.47 Å². The highest BCUT2D eigenvalue weighted by Gasteiger charge is 2.49. The van der Waals surface area contributed by atoms with Crippen LogP contribution in [-0.2, 0) is 21.0 Å². The predicted octanol–water partition coefficient (Wildman–Crippen LogP) is 4.42. The summed E-state index contributed by atoms with van der Waals surface area (Å²) in [6, 6.07) is 7.42. The summed E-state index contributed by atoms with van der Waals surface area (Å²) < 4.78 is 75.5. The summed E-state index contributed by atoms with van der Waals surface area (Å²) in [5.74, 6) is 0.754. The lowest BCUT2D eigenvalue weighted by atomic mass is 10.1. The van der Waals surface area contributed by atoms with Gasteiger partial charge in [-0.15, -0.1) is 0 Å². The molecule has 2 aromatic carbocycles. The molecule has 1 N–H and O–H groups in total. The van der Waals surface area contributed by atoms with Gasteiger partial charge in [0, 0.05) is 42.5 Å². The Labute approximate surface area is 182 Å². The van der Waals surface area contributed by atoms with Crippen LogP contribution in [0.25, 0.3) is 10.9 Å². The van der Waals surface area contributed by atoms with Crippen molar-refractivity contribution >= 4 is 26.5 Å². The standard InChI is InChI=1S/C21H20F3N3O4S/c1-30-10-2-9-25-17-6-4-15-18(31-14-3-5-16-13(11-14)12-26-27-16)7-8-19(20(15)17)32(28,29)21(22,23)24/h3,5,7-8,11-12H,2,4,6,9-10H2,1H3,(H,26,27)/b25-17+. The topological polar surface area (TPSA) is 93.6 Å². The maximum atomic E-state index is 13.3. The molecule has 170 valence electrons. The Hall–Kier alpha value is -2.92. The van der Waals surface area contributed by atoms with E-state index >= 15 is 0 Å². The van der Waals surface area contributed by atoms with Gasteiger partial charge in [-0.3, -0.25) is 10.1 Å². The number of rotatable bonds is 7. The van der Waals surface area contributed by atoms with Crippen molar-refractivity contribution < 1.29 is 31.1 Å². The molecule has 1 aromatic heterocycles. The van der Waals surface area contributed by atoms with Gasteiger partial charge in [-0.05, 0) is 49.6 Å². The van der Waals surface area contributed by atoms with Crippen LogP contribution in [0.3, 0.4) is 0 Å². The third-order valence-corrected chi connectivity index (χ3v) is 6.70. The van der Waals surface area contributed by atoms with E-state index in [9.17, 15) is 21.6 Å². The van der Waals surface area contributed by atoms with Crippen molar-refractivity contribution in [3.05, 3.63) is 47.7 Å². The molecule has 0 atom stereocenters. The number of nitrogens with zero attached hydrogens (tertiary/aromatic N) is 2. The molecular formula is C21H20F3N3O4S. The SMILES string of the molecule is COCCC/N=C1\CCc2c(Oc3ccc4[nH]ncc4c3)ccc(S(=O)(=O)C(F)(F)F)c21. The van der Waals surface area contributed by atoms with E-state index in [1.165, 1.54) is 13.2 Å². The van der Waals surface area contributed by atoms with E-state index in [1.54, 1.807) is 24.4 Å². The summed E-state index contributed by atoms with van der Waals surface area (Å²) in [7, 11) is -4.02. The second-order valence-electron chi connectivity index (χ2n) is 7.26. The van der Waals surface area contributed by atoms with E-state index in [1.807, 2.05) is 0 Å². The lowest BCUT2D eigenvalue weighted by Gasteiger charge is -2.16. The van der Waals surface area contributed by atoms with Crippen LogP contribution in [0.4, 0.5) is 13.2 Å². The fraction of sp³-hybridized carbons (Fsp3) is 0.333. The second-order valence-corrected chi connectivity index (χ2v) is 9.17. The number of nitrogens with one attached hydrogen (secondary N) is 1. The van der Waals surface area contributed by atoms with Crippen molar-refractivity contribution in [3.63, 3.8) is 0 Å². The van der Waals surface area contributed by atoms with Crippen LogP contribution in [-0.4, -0.2) is 50.1 Å². The summed E-state index contributed by atoms with van der Waals surface area (Å²) in [5, 5.41) is 7.57. The van der Waals surface area contributed by atoms with Crippen molar-refractivity contribution in [3.8, 4) is 11.5 Å². The maximum Gasteiger partial charge on any atom is 0.501 e. The number of halogens is 3. The first-order valence-corrected chi connectivity index (χ1v) is 11.3. The number of aromatic amines is 1. The summed E-state index contributed by atoms with van der Waals surface area (Å²) in [5.41, 5.74) is -3.90. The van der Waals surface area contributed by atoms with Crippen LogP contribution >= 0.6 is 0 Å². The molecule has 0 aliphatic heterocycles. The maximum absolute atomic E-state index is 13.3. The number of ether oxygens (including phenoxy) is 2. The van der Waals surface area contributed by atoms with Crippen molar-refractivity contribution in [1.82, 2.24) is 10.2 Å². The van der Waals surface area contributed by atoms with Crippen LogP contribution in [0, 0.1) is 0 Å². The molecule has 0 saturated heterocycles. The van der Waals surface area contributed by atoms with E-state index in [0.29, 0.717) is 55.2 Å². The number of H-pyrrole nitrogens is 1. The zero-order valence-corrected chi connectivity index (χ0v) is 17.9. The van der Waals surface area contributed by atoms with E-state index in [2.05, 4.69) is 15.2 Å². The number of hydrogen-bond acceptors (Lipinski definition) is 6. The smallest absolute Gasteiger partial charge is 0.457 e. The molecule has 1 aliphatic carbocycles. The van der Waals surface area contributed by atoms with Crippen LogP contribution < -0.4 is 4.74 Å². The van der Waals surface area contributed by atoms with Crippen molar-refractivity contribution in [2.75, 3.05) is 20.3 Å². The average molecular weight is 467 g/mol. The first kappa shape index (κ1) is 22.3. The van der Waals surface area contributed by atoms with Crippen LogP contribution in [0.15, 0.2) is 46.4 Å². The molecule has 7 nitrogen and oxygen atoms in total. The average Bonchev–Trinajstić information content (AvgIpc) is 3.37. The molecule has 4 rings (SSSR count). The zero-order valence-electron chi connectivity index (χ0n) is 17.1. The van der Waals surface area contributed by atoms with Crippen LogP contribution in [0.5, 0.6) is 11.5 Å². The number of fused-ring (bicyclic) bond motifs is 2. The molecular weight excluding hydrogens is 447 g/mol. The van der Waals surface area contributed by atoms with Crippen molar-refractivity contribution in [2.24, 2.45) is 4.99 Å². The van der Waals surface area contributed by atoms with Gasteiger partial charge in [0.05, 0.1) is 16.6 Å². The first-order valence-electron chi connectivity index (χ1n) is 9.83. The number of hydrogen-bond donors (Lipinski definition) is 1. The summed E-state index contributed by atoms with van der Waals surface area (Å²) in [6.07, 6.45) is 2.83. The van der Waals surface area contributed by atoms with Gasteiger partial charge >= 0.3 is 5.51 Å². The highest BCUT2D eigenvalue weighted by molar-refractivity contribution is 7.92. The Morgan fingerprint density at radius 2 is 2.00 bits per heavy atom. The summed E-state index contributed by atoms with van der Waals surface area (Å²) >= 11 is 0. The molecule has 0 fully saturated rings. The van der Waals surface area contributed by atoms with Gasteiger partial charge in [-0.25, -0.2) is 8.42 Å². The number of aliphatic imine (C=N–C) groups is 1. The van der Waals surface area contributed by atoms with E-state index < -0.39 is 20.2 Å². The molecule has 0 radical (unpaired) electrons. The molecule has 32 heavy (non-hydrogen) atoms. The number of benzene rings is 2. The highest BCUT2D eigenvalue weighted by atomic mass is 32.2. The minimum atomic E-state index is -5.55. The molecule has 0 unspecified atom stereocenters.